The highest BCUT2D eigenvalue weighted by molar-refractivity contribution is 7.99. The topological polar surface area (TPSA) is 105 Å². The highest BCUT2D eigenvalue weighted by Crippen LogP contribution is 2.44. The molecule has 180 valence electrons. The third-order valence-corrected chi connectivity index (χ3v) is 7.53. The molecule has 2 N–H and O–H groups in total. The molecule has 0 aromatic heterocycles. The van der Waals surface area contributed by atoms with E-state index in [0.717, 1.165) is 22.3 Å². The first kappa shape index (κ1) is 24.1. The van der Waals surface area contributed by atoms with Crippen LogP contribution in [0.1, 0.15) is 30.4 Å². The van der Waals surface area contributed by atoms with Gasteiger partial charge in [0.2, 0.25) is 0 Å². The molecule has 2 amide bonds. The highest BCUT2D eigenvalue weighted by Gasteiger charge is 2.47. The van der Waals surface area contributed by atoms with Crippen LogP contribution in [0.3, 0.4) is 0 Å². The average molecular weight is 485 g/mol. The van der Waals surface area contributed by atoms with E-state index in [0.29, 0.717) is 5.75 Å². The lowest BCUT2D eigenvalue weighted by Crippen LogP contribution is -2.63. The van der Waals surface area contributed by atoms with Gasteiger partial charge in [-0.3, -0.25) is 4.79 Å². The molecule has 1 aliphatic heterocycles. The van der Waals surface area contributed by atoms with Crippen LogP contribution in [0.5, 0.6) is 0 Å². The van der Waals surface area contributed by atoms with E-state index >= 15 is 0 Å². The van der Waals surface area contributed by atoms with E-state index in [9.17, 15) is 19.5 Å². The minimum Gasteiger partial charge on any atom is -0.480 e. The maximum Gasteiger partial charge on any atom is 0.408 e. The normalized spacial score (nSPS) is 18.6. The van der Waals surface area contributed by atoms with Gasteiger partial charge >= 0.3 is 12.1 Å². The zero-order valence-electron chi connectivity index (χ0n) is 19.2. The molecule has 0 bridgehead atoms. The number of benzene rings is 2. The zero-order valence-corrected chi connectivity index (χ0v) is 20.0. The Labute approximate surface area is 202 Å². The number of rotatable bonds is 8. The second kappa shape index (κ2) is 10.1. The molecule has 1 unspecified atom stereocenters. The summed E-state index contributed by atoms with van der Waals surface area (Å²) in [6.07, 6.45) is -0.523. The number of aliphatic carboxylic acids is 1. The van der Waals surface area contributed by atoms with Crippen LogP contribution in [0, 0.1) is 0 Å². The Hall–Kier alpha value is -3.04. The molecule has 0 spiro atoms. The number of methoxy groups -OCH3 is 1. The number of ether oxygens (including phenoxy) is 2. The Bertz CT molecular complexity index is 1050. The van der Waals surface area contributed by atoms with Gasteiger partial charge in [-0.15, -0.1) is 11.8 Å². The molecule has 1 heterocycles. The number of alkyl carbamates (subject to hydrolysis) is 1. The quantitative estimate of drug-likeness (QED) is 0.592. The molecule has 8 nitrogen and oxygen atoms in total. The predicted molar refractivity (Wildman–Crippen MR) is 129 cm³/mol. The van der Waals surface area contributed by atoms with E-state index < -0.39 is 29.6 Å². The van der Waals surface area contributed by atoms with Gasteiger partial charge in [-0.05, 0) is 28.7 Å². The fraction of sp³-hybridized carbons (Fsp3) is 0.400. The van der Waals surface area contributed by atoms with Crippen molar-refractivity contribution < 1.29 is 29.0 Å². The number of carboxylic acid groups (broad SMARTS) is 1. The molecule has 1 saturated heterocycles. The van der Waals surface area contributed by atoms with E-state index in [-0.39, 0.29) is 31.4 Å². The van der Waals surface area contributed by atoms with Crippen molar-refractivity contribution in [2.45, 2.75) is 30.8 Å². The van der Waals surface area contributed by atoms with E-state index in [2.05, 4.69) is 17.4 Å². The molecule has 0 radical (unpaired) electrons. The van der Waals surface area contributed by atoms with Crippen molar-refractivity contribution in [3.05, 3.63) is 59.7 Å². The Morgan fingerprint density at radius 2 is 1.74 bits per heavy atom. The molecule has 9 heteroatoms. The molecule has 0 saturated carbocycles. The lowest BCUT2D eigenvalue weighted by molar-refractivity contribution is -0.151. The van der Waals surface area contributed by atoms with E-state index in [1.807, 2.05) is 36.4 Å². The number of hydrogen-bond donors (Lipinski definition) is 2. The molecular weight excluding hydrogens is 456 g/mol. The van der Waals surface area contributed by atoms with Crippen molar-refractivity contribution in [1.82, 2.24) is 10.2 Å². The van der Waals surface area contributed by atoms with E-state index in [1.54, 1.807) is 6.92 Å². The monoisotopic (exact) mass is 484 g/mol. The minimum atomic E-state index is -1.42. The minimum absolute atomic E-state index is 0.0972. The number of hydrogen-bond acceptors (Lipinski definition) is 6. The number of carboxylic acids is 1. The summed E-state index contributed by atoms with van der Waals surface area (Å²) < 4.78 is 10.9. The number of nitrogens with zero attached hydrogens (tertiary/aromatic N) is 1. The van der Waals surface area contributed by atoms with Crippen LogP contribution in [0.15, 0.2) is 48.5 Å². The third-order valence-electron chi connectivity index (χ3n) is 6.52. The molecule has 2 aromatic carbocycles. The summed E-state index contributed by atoms with van der Waals surface area (Å²) >= 11 is 1.36. The average Bonchev–Trinajstić information content (AvgIpc) is 3.45. The lowest BCUT2D eigenvalue weighted by atomic mass is 9.94. The summed E-state index contributed by atoms with van der Waals surface area (Å²) in [7, 11) is 1.44. The second-order valence-electron chi connectivity index (χ2n) is 8.45. The fourth-order valence-electron chi connectivity index (χ4n) is 4.69. The lowest BCUT2D eigenvalue weighted by Gasteiger charge is -2.36. The van der Waals surface area contributed by atoms with Crippen molar-refractivity contribution in [1.29, 1.82) is 0 Å². The summed E-state index contributed by atoms with van der Waals surface area (Å²) in [6, 6.07) is 15.1. The summed E-state index contributed by atoms with van der Waals surface area (Å²) in [6.45, 7) is 1.76. The van der Waals surface area contributed by atoms with Crippen LogP contribution >= 0.6 is 11.8 Å². The van der Waals surface area contributed by atoms with Gasteiger partial charge in [-0.25, -0.2) is 9.59 Å². The first-order chi connectivity index (χ1) is 16.4. The summed E-state index contributed by atoms with van der Waals surface area (Å²) in [5.74, 6) is -1.12. The van der Waals surface area contributed by atoms with Crippen LogP contribution < -0.4 is 5.32 Å². The number of carbonyl (C=O) groups is 3. The number of amides is 2. The number of nitrogens with one attached hydrogen (secondary N) is 1. The molecule has 34 heavy (non-hydrogen) atoms. The van der Waals surface area contributed by atoms with Crippen molar-refractivity contribution in [2.75, 3.05) is 32.0 Å². The summed E-state index contributed by atoms with van der Waals surface area (Å²) in [4.78, 5) is 39.3. The first-order valence-electron chi connectivity index (χ1n) is 11.2. The standard InChI is InChI=1S/C25H28N2O6S/c1-3-25(14-32-2,23(30)27-15-34-13-21(27)22(28)29)26-24(31)33-12-20-18-10-6-4-8-16(18)17-9-5-7-11-19(17)20/h4-11,20-21H,3,12-15H2,1-2H3,(H,26,31)(H,28,29)/t21-,25?/m0/s1. The first-order valence-corrected chi connectivity index (χ1v) is 12.3. The maximum atomic E-state index is 13.4. The van der Waals surface area contributed by atoms with Crippen molar-refractivity contribution in [3.8, 4) is 11.1 Å². The van der Waals surface area contributed by atoms with Gasteiger partial charge in [0.05, 0.1) is 12.5 Å². The Kier molecular flexibility index (Phi) is 7.13. The van der Waals surface area contributed by atoms with Crippen LogP contribution in [0.25, 0.3) is 11.1 Å². The zero-order chi connectivity index (χ0) is 24.3. The van der Waals surface area contributed by atoms with E-state index in [1.165, 1.54) is 23.8 Å². The molecule has 1 aliphatic carbocycles. The second-order valence-corrected chi connectivity index (χ2v) is 9.45. The molecular formula is C25H28N2O6S. The van der Waals surface area contributed by atoms with Gasteiger partial charge in [-0.1, -0.05) is 55.5 Å². The molecule has 2 aromatic rings. The SMILES string of the molecule is CCC(COC)(NC(=O)OCC1c2ccccc2-c2ccccc21)C(=O)N1CSC[C@H]1C(=O)O. The Balaban J connectivity index is 1.50. The van der Waals surface area contributed by atoms with Crippen LogP contribution in [0.2, 0.25) is 0 Å². The molecule has 2 atom stereocenters. The van der Waals surface area contributed by atoms with Gasteiger partial charge in [0.1, 0.15) is 18.2 Å². The summed E-state index contributed by atoms with van der Waals surface area (Å²) in [5, 5.41) is 12.2. The van der Waals surface area contributed by atoms with Crippen molar-refractivity contribution in [3.63, 3.8) is 0 Å². The number of thioether (sulfide) groups is 1. The number of carbonyl (C=O) groups excluding carboxylic acids is 2. The number of fused-ring (bicyclic) bond motifs is 3. The molecule has 1 fully saturated rings. The molecule has 2 aliphatic rings. The van der Waals surface area contributed by atoms with Crippen molar-refractivity contribution in [2.24, 2.45) is 0 Å². The summed E-state index contributed by atoms with van der Waals surface area (Å²) in [5.41, 5.74) is 3.00. The van der Waals surface area contributed by atoms with Gasteiger partial charge < -0.3 is 24.8 Å². The van der Waals surface area contributed by atoms with E-state index in [4.69, 9.17) is 9.47 Å². The maximum absolute atomic E-state index is 13.4. The third kappa shape index (κ3) is 4.37. The molecule has 4 rings (SSSR count). The Morgan fingerprint density at radius 3 is 2.29 bits per heavy atom. The van der Waals surface area contributed by atoms with Gasteiger partial charge in [0.15, 0.2) is 0 Å². The predicted octanol–water partition coefficient (Wildman–Crippen LogP) is 3.31. The van der Waals surface area contributed by atoms with Crippen LogP contribution in [0.4, 0.5) is 4.79 Å². The Morgan fingerprint density at radius 1 is 1.12 bits per heavy atom. The largest absolute Gasteiger partial charge is 0.480 e. The van der Waals surface area contributed by atoms with Crippen molar-refractivity contribution >= 4 is 29.7 Å². The van der Waals surface area contributed by atoms with Gasteiger partial charge in [0, 0.05) is 18.8 Å². The fourth-order valence-corrected chi connectivity index (χ4v) is 5.84. The van der Waals surface area contributed by atoms with Gasteiger partial charge in [0.25, 0.3) is 5.91 Å². The van der Waals surface area contributed by atoms with Crippen LogP contribution in [-0.2, 0) is 19.1 Å². The smallest absolute Gasteiger partial charge is 0.408 e. The van der Waals surface area contributed by atoms with Crippen LogP contribution in [-0.4, -0.2) is 71.5 Å². The highest BCUT2D eigenvalue weighted by atomic mass is 32.2. The van der Waals surface area contributed by atoms with Gasteiger partial charge in [-0.2, -0.15) is 0 Å².